The van der Waals surface area contributed by atoms with E-state index < -0.39 is 0 Å². The molecule has 2 aromatic rings. The topological polar surface area (TPSA) is 77.1 Å². The summed E-state index contributed by atoms with van der Waals surface area (Å²) in [4.78, 5) is 23.3. The number of carbonyl (C=O) groups excluding carboxylic acids is 1. The van der Waals surface area contributed by atoms with Gasteiger partial charge in [-0.2, -0.15) is 0 Å². The third kappa shape index (κ3) is 3.61. The van der Waals surface area contributed by atoms with Gasteiger partial charge in [0.15, 0.2) is 0 Å². The summed E-state index contributed by atoms with van der Waals surface area (Å²) in [7, 11) is 0. The molecule has 0 fully saturated rings. The lowest BCUT2D eigenvalue weighted by Crippen LogP contribution is -2.22. The van der Waals surface area contributed by atoms with Gasteiger partial charge in [0.1, 0.15) is 0 Å². The van der Waals surface area contributed by atoms with Gasteiger partial charge in [-0.05, 0) is 24.3 Å². The van der Waals surface area contributed by atoms with E-state index in [1.54, 1.807) is 36.5 Å². The monoisotopic (exact) mass is 291 g/mol. The molecule has 1 aromatic heterocycles. The van der Waals surface area contributed by atoms with Crippen LogP contribution < -0.4 is 16.6 Å². The Kier molecular flexibility index (Phi) is 4.42. The Morgan fingerprint density at radius 1 is 1.30 bits per heavy atom. The van der Waals surface area contributed by atoms with E-state index in [4.69, 9.17) is 17.3 Å². The third-order valence-corrected chi connectivity index (χ3v) is 3.00. The highest BCUT2D eigenvalue weighted by Gasteiger charge is 2.06. The van der Waals surface area contributed by atoms with Gasteiger partial charge in [-0.1, -0.05) is 17.7 Å². The lowest BCUT2D eigenvalue weighted by molar-refractivity contribution is -0.116. The molecule has 0 atom stereocenters. The van der Waals surface area contributed by atoms with Crippen LogP contribution in [0.2, 0.25) is 5.02 Å². The molecule has 0 aliphatic carbocycles. The van der Waals surface area contributed by atoms with Gasteiger partial charge in [0, 0.05) is 30.3 Å². The number of rotatable bonds is 4. The Morgan fingerprint density at radius 3 is 2.80 bits per heavy atom. The zero-order valence-electron chi connectivity index (χ0n) is 10.7. The van der Waals surface area contributed by atoms with Crippen molar-refractivity contribution in [3.8, 4) is 0 Å². The predicted octanol–water partition coefficient (Wildman–Crippen LogP) is 2.11. The van der Waals surface area contributed by atoms with Crippen LogP contribution in [0.25, 0.3) is 0 Å². The normalized spacial score (nSPS) is 10.2. The number of nitrogens with two attached hydrogens (primary N) is 1. The van der Waals surface area contributed by atoms with Gasteiger partial charge in [-0.25, -0.2) is 0 Å². The summed E-state index contributed by atoms with van der Waals surface area (Å²) in [5.74, 6) is -0.213. The summed E-state index contributed by atoms with van der Waals surface area (Å²) in [5, 5.41) is 3.20. The van der Waals surface area contributed by atoms with Gasteiger partial charge >= 0.3 is 0 Å². The molecule has 6 heteroatoms. The van der Waals surface area contributed by atoms with E-state index in [-0.39, 0.29) is 17.9 Å². The summed E-state index contributed by atoms with van der Waals surface area (Å²) in [5.41, 5.74) is 6.53. The van der Waals surface area contributed by atoms with Crippen molar-refractivity contribution in [1.82, 2.24) is 4.57 Å². The second-order valence-corrected chi connectivity index (χ2v) is 4.70. The summed E-state index contributed by atoms with van der Waals surface area (Å²) in [6, 6.07) is 9.72. The number of amides is 1. The second-order valence-electron chi connectivity index (χ2n) is 4.26. The molecule has 0 unspecified atom stereocenters. The standard InChI is InChI=1S/C14H14ClN3O2/c15-10-4-5-12(11(16)9-10)17-13(19)6-8-18-7-2-1-3-14(18)20/h1-5,7,9H,6,8,16H2,(H,17,19). The highest BCUT2D eigenvalue weighted by Crippen LogP contribution is 2.22. The number of nitrogens with one attached hydrogen (secondary N) is 1. The second kappa shape index (κ2) is 6.25. The quantitative estimate of drug-likeness (QED) is 0.847. The minimum absolute atomic E-state index is 0.133. The van der Waals surface area contributed by atoms with E-state index in [2.05, 4.69) is 5.32 Å². The van der Waals surface area contributed by atoms with Crippen LogP contribution >= 0.6 is 11.6 Å². The number of anilines is 2. The van der Waals surface area contributed by atoms with Crippen molar-refractivity contribution in [1.29, 1.82) is 0 Å². The number of aryl methyl sites for hydroxylation is 1. The van der Waals surface area contributed by atoms with Gasteiger partial charge in [0.05, 0.1) is 11.4 Å². The van der Waals surface area contributed by atoms with Crippen molar-refractivity contribution in [3.63, 3.8) is 0 Å². The van der Waals surface area contributed by atoms with E-state index in [1.807, 2.05) is 0 Å². The average Bonchev–Trinajstić information content (AvgIpc) is 2.41. The lowest BCUT2D eigenvalue weighted by atomic mass is 10.2. The van der Waals surface area contributed by atoms with Gasteiger partial charge in [0.2, 0.25) is 5.91 Å². The fraction of sp³-hybridized carbons (Fsp3) is 0.143. The lowest BCUT2D eigenvalue weighted by Gasteiger charge is -2.09. The SMILES string of the molecule is Nc1cc(Cl)ccc1NC(=O)CCn1ccccc1=O. The van der Waals surface area contributed by atoms with E-state index in [1.165, 1.54) is 10.6 Å². The maximum atomic E-state index is 11.8. The van der Waals surface area contributed by atoms with Crippen LogP contribution in [-0.2, 0) is 11.3 Å². The fourth-order valence-corrected chi connectivity index (χ4v) is 1.91. The van der Waals surface area contributed by atoms with Gasteiger partial charge in [0.25, 0.3) is 5.56 Å². The molecule has 2 rings (SSSR count). The van der Waals surface area contributed by atoms with Crippen molar-refractivity contribution >= 4 is 28.9 Å². The average molecular weight is 292 g/mol. The van der Waals surface area contributed by atoms with Crippen LogP contribution in [0.3, 0.4) is 0 Å². The Labute approximate surface area is 121 Å². The molecule has 0 spiro atoms. The third-order valence-electron chi connectivity index (χ3n) is 2.77. The summed E-state index contributed by atoms with van der Waals surface area (Å²) in [6.07, 6.45) is 1.83. The van der Waals surface area contributed by atoms with E-state index in [9.17, 15) is 9.59 Å². The first-order valence-electron chi connectivity index (χ1n) is 6.06. The predicted molar refractivity (Wildman–Crippen MR) is 79.8 cm³/mol. The Bertz CT molecular complexity index is 682. The van der Waals surface area contributed by atoms with Gasteiger partial charge in [-0.3, -0.25) is 9.59 Å². The first-order chi connectivity index (χ1) is 9.56. The molecule has 1 heterocycles. The summed E-state index contributed by atoms with van der Waals surface area (Å²) >= 11 is 5.78. The van der Waals surface area contributed by atoms with Crippen molar-refractivity contribution in [2.45, 2.75) is 13.0 Å². The summed E-state index contributed by atoms with van der Waals surface area (Å²) in [6.45, 7) is 0.318. The molecule has 0 radical (unpaired) electrons. The number of benzene rings is 1. The number of hydrogen-bond acceptors (Lipinski definition) is 3. The van der Waals surface area contributed by atoms with E-state index in [0.717, 1.165) is 0 Å². The van der Waals surface area contributed by atoms with Crippen LogP contribution in [0.4, 0.5) is 11.4 Å². The molecule has 1 amide bonds. The van der Waals surface area contributed by atoms with Crippen LogP contribution in [0.1, 0.15) is 6.42 Å². The molecule has 20 heavy (non-hydrogen) atoms. The van der Waals surface area contributed by atoms with Gasteiger partial charge in [-0.15, -0.1) is 0 Å². The molecule has 1 aromatic carbocycles. The van der Waals surface area contributed by atoms with Gasteiger partial charge < -0.3 is 15.6 Å². The number of nitrogens with zero attached hydrogens (tertiary/aromatic N) is 1. The molecular weight excluding hydrogens is 278 g/mol. The number of pyridine rings is 1. The Hall–Kier alpha value is -2.27. The number of nitrogen functional groups attached to an aromatic ring is 1. The first-order valence-corrected chi connectivity index (χ1v) is 6.44. The first kappa shape index (κ1) is 14.1. The zero-order chi connectivity index (χ0) is 14.5. The Balaban J connectivity index is 1.96. The number of aromatic nitrogens is 1. The molecule has 0 saturated heterocycles. The molecule has 104 valence electrons. The largest absolute Gasteiger partial charge is 0.397 e. The van der Waals surface area contributed by atoms with Crippen LogP contribution in [0.5, 0.6) is 0 Å². The number of hydrogen-bond donors (Lipinski definition) is 2. The minimum atomic E-state index is -0.213. The van der Waals surface area contributed by atoms with E-state index >= 15 is 0 Å². The van der Waals surface area contributed by atoms with Crippen molar-refractivity contribution in [2.75, 3.05) is 11.1 Å². The molecule has 5 nitrogen and oxygen atoms in total. The smallest absolute Gasteiger partial charge is 0.250 e. The highest BCUT2D eigenvalue weighted by atomic mass is 35.5. The van der Waals surface area contributed by atoms with E-state index in [0.29, 0.717) is 22.9 Å². The van der Waals surface area contributed by atoms with Crippen LogP contribution in [0, 0.1) is 0 Å². The van der Waals surface area contributed by atoms with Crippen molar-refractivity contribution in [2.24, 2.45) is 0 Å². The maximum Gasteiger partial charge on any atom is 0.250 e. The highest BCUT2D eigenvalue weighted by molar-refractivity contribution is 6.31. The molecular formula is C14H14ClN3O2. The number of carbonyl (C=O) groups is 1. The summed E-state index contributed by atoms with van der Waals surface area (Å²) < 4.78 is 1.48. The zero-order valence-corrected chi connectivity index (χ0v) is 11.4. The minimum Gasteiger partial charge on any atom is -0.397 e. The molecule has 0 aliphatic rings. The molecule has 0 aliphatic heterocycles. The number of halogens is 1. The van der Waals surface area contributed by atoms with Crippen molar-refractivity contribution in [3.05, 3.63) is 58.0 Å². The van der Waals surface area contributed by atoms with Crippen molar-refractivity contribution < 1.29 is 4.79 Å². The van der Waals surface area contributed by atoms with Crippen LogP contribution in [0.15, 0.2) is 47.4 Å². The Morgan fingerprint density at radius 2 is 2.10 bits per heavy atom. The van der Waals surface area contributed by atoms with Crippen LogP contribution in [-0.4, -0.2) is 10.5 Å². The fourth-order valence-electron chi connectivity index (χ4n) is 1.73. The molecule has 3 N–H and O–H groups in total. The maximum absolute atomic E-state index is 11.8. The molecule has 0 saturated carbocycles. The molecule has 0 bridgehead atoms.